The molecule has 6 heteroatoms. The molecule has 2 aromatic rings. The minimum absolute atomic E-state index is 0.0794. The summed E-state index contributed by atoms with van der Waals surface area (Å²) in [6.07, 6.45) is 1.79. The minimum atomic E-state index is -0.825. The zero-order chi connectivity index (χ0) is 18.4. The van der Waals surface area contributed by atoms with E-state index in [0.29, 0.717) is 22.3 Å². The Hall–Kier alpha value is -1.92. The van der Waals surface area contributed by atoms with Crippen LogP contribution in [0, 0.1) is 0 Å². The summed E-state index contributed by atoms with van der Waals surface area (Å²) in [5, 5.41) is 11.7. The fourth-order valence-electron chi connectivity index (χ4n) is 2.73. The van der Waals surface area contributed by atoms with E-state index in [1.165, 1.54) is 23.5 Å². The average Bonchev–Trinajstić information content (AvgIpc) is 2.67. The first-order valence-corrected chi connectivity index (χ1v) is 10.7. The third-order valence-electron chi connectivity index (χ3n) is 4.08. The van der Waals surface area contributed by atoms with E-state index in [2.05, 4.69) is 5.32 Å². The Morgan fingerprint density at radius 3 is 2.50 bits per heavy atom. The molecule has 1 aliphatic heterocycles. The number of anilines is 1. The highest BCUT2D eigenvalue weighted by molar-refractivity contribution is 8.16. The van der Waals surface area contributed by atoms with Gasteiger partial charge < -0.3 is 10.4 Å². The van der Waals surface area contributed by atoms with E-state index < -0.39 is 5.97 Å². The monoisotopic (exact) mass is 387 g/mol. The van der Waals surface area contributed by atoms with Crippen LogP contribution >= 0.6 is 23.5 Å². The number of nitrogens with one attached hydrogen (secondary N) is 1. The van der Waals surface area contributed by atoms with Crippen molar-refractivity contribution in [1.82, 2.24) is 0 Å². The number of amides is 1. The molecule has 0 unspecified atom stereocenters. The number of carbonyl (C=O) groups is 2. The van der Waals surface area contributed by atoms with E-state index >= 15 is 0 Å². The summed E-state index contributed by atoms with van der Waals surface area (Å²) in [5.41, 5.74) is 3.45. The van der Waals surface area contributed by atoms with Crippen molar-refractivity contribution in [2.24, 2.45) is 0 Å². The van der Waals surface area contributed by atoms with Gasteiger partial charge in [-0.25, -0.2) is 0 Å². The van der Waals surface area contributed by atoms with Crippen LogP contribution < -0.4 is 5.32 Å². The zero-order valence-corrected chi connectivity index (χ0v) is 15.9. The molecule has 0 spiro atoms. The Kier molecular flexibility index (Phi) is 6.63. The number of carboxylic acids is 1. The number of rotatable bonds is 6. The third kappa shape index (κ3) is 5.29. The topological polar surface area (TPSA) is 66.4 Å². The lowest BCUT2D eigenvalue weighted by molar-refractivity contribution is -0.136. The van der Waals surface area contributed by atoms with Crippen molar-refractivity contribution in [3.8, 4) is 0 Å². The highest BCUT2D eigenvalue weighted by atomic mass is 32.2. The number of aliphatic carboxylic acids is 1. The normalized spacial score (nSPS) is 14.8. The van der Waals surface area contributed by atoms with Crippen LogP contribution in [0.2, 0.25) is 0 Å². The second-order valence-corrected chi connectivity index (χ2v) is 8.82. The van der Waals surface area contributed by atoms with E-state index in [9.17, 15) is 9.59 Å². The van der Waals surface area contributed by atoms with Crippen molar-refractivity contribution in [3.63, 3.8) is 0 Å². The molecule has 0 radical (unpaired) electrons. The van der Waals surface area contributed by atoms with E-state index in [4.69, 9.17) is 5.11 Å². The third-order valence-corrected chi connectivity index (χ3v) is 7.10. The molecule has 1 amide bonds. The second kappa shape index (κ2) is 9.14. The maximum atomic E-state index is 12.5. The van der Waals surface area contributed by atoms with Crippen molar-refractivity contribution >= 4 is 41.1 Å². The van der Waals surface area contributed by atoms with Crippen molar-refractivity contribution in [1.29, 1.82) is 0 Å². The Labute approximate surface area is 161 Å². The molecule has 1 heterocycles. The van der Waals surface area contributed by atoms with Gasteiger partial charge in [0.1, 0.15) is 0 Å². The fraction of sp³-hybridized carbons (Fsp3) is 0.300. The van der Waals surface area contributed by atoms with Gasteiger partial charge in [-0.15, -0.1) is 23.5 Å². The molecule has 2 aromatic carbocycles. The van der Waals surface area contributed by atoms with Crippen LogP contribution in [0.4, 0.5) is 5.69 Å². The smallest absolute Gasteiger partial charge is 0.303 e. The summed E-state index contributed by atoms with van der Waals surface area (Å²) in [6.45, 7) is 0. The Morgan fingerprint density at radius 1 is 1.08 bits per heavy atom. The average molecular weight is 388 g/mol. The SMILES string of the molecule is O=C(O)CCc1cccc(NC(=O)c2ccc(C3SCCCS3)cc2)c1. The lowest BCUT2D eigenvalue weighted by Crippen LogP contribution is -2.12. The molecule has 1 saturated heterocycles. The molecule has 4 nitrogen and oxygen atoms in total. The second-order valence-electron chi connectivity index (χ2n) is 6.10. The van der Waals surface area contributed by atoms with E-state index in [1.807, 2.05) is 72.1 Å². The first-order valence-electron chi connectivity index (χ1n) is 8.57. The van der Waals surface area contributed by atoms with Gasteiger partial charge in [0.25, 0.3) is 5.91 Å². The van der Waals surface area contributed by atoms with Crippen molar-refractivity contribution in [2.75, 3.05) is 16.8 Å². The van der Waals surface area contributed by atoms with E-state index in [-0.39, 0.29) is 12.3 Å². The largest absolute Gasteiger partial charge is 0.481 e. The van der Waals surface area contributed by atoms with Gasteiger partial charge in [-0.2, -0.15) is 0 Å². The predicted molar refractivity (Wildman–Crippen MR) is 109 cm³/mol. The Balaban J connectivity index is 1.62. The molecule has 1 aliphatic rings. The quantitative estimate of drug-likeness (QED) is 0.743. The molecule has 136 valence electrons. The Bertz CT molecular complexity index is 771. The molecule has 3 rings (SSSR count). The first kappa shape index (κ1) is 18.9. The van der Waals surface area contributed by atoms with Crippen LogP contribution in [0.3, 0.4) is 0 Å². The molecular formula is C20H21NO3S2. The number of hydrogen-bond donors (Lipinski definition) is 2. The van der Waals surface area contributed by atoms with Crippen molar-refractivity contribution < 1.29 is 14.7 Å². The molecule has 26 heavy (non-hydrogen) atoms. The summed E-state index contributed by atoms with van der Waals surface area (Å²) in [7, 11) is 0. The molecule has 0 aliphatic carbocycles. The standard InChI is InChI=1S/C20H21NO3S2/c22-18(23)10-5-14-3-1-4-17(13-14)21-19(24)15-6-8-16(9-7-15)20-25-11-2-12-26-20/h1,3-4,6-9,13,20H,2,5,10-12H2,(H,21,24)(H,22,23). The van der Waals surface area contributed by atoms with Gasteiger partial charge in [0, 0.05) is 17.7 Å². The number of aryl methyl sites for hydroxylation is 1. The predicted octanol–water partition coefficient (Wildman–Crippen LogP) is 4.82. The van der Waals surface area contributed by atoms with Crippen LogP contribution in [0.5, 0.6) is 0 Å². The highest BCUT2D eigenvalue weighted by Gasteiger charge is 2.17. The van der Waals surface area contributed by atoms with Gasteiger partial charge in [0.2, 0.25) is 0 Å². The number of carbonyl (C=O) groups excluding carboxylic acids is 1. The maximum Gasteiger partial charge on any atom is 0.303 e. The zero-order valence-electron chi connectivity index (χ0n) is 14.3. The van der Waals surface area contributed by atoms with Gasteiger partial charge in [-0.1, -0.05) is 24.3 Å². The summed E-state index contributed by atoms with van der Waals surface area (Å²) in [6, 6.07) is 15.1. The van der Waals surface area contributed by atoms with Gasteiger partial charge in [0.15, 0.2) is 0 Å². The number of benzene rings is 2. The maximum absolute atomic E-state index is 12.5. The van der Waals surface area contributed by atoms with Crippen LogP contribution in [-0.2, 0) is 11.2 Å². The molecular weight excluding hydrogens is 366 g/mol. The molecule has 0 atom stereocenters. The fourth-order valence-corrected chi connectivity index (χ4v) is 5.63. The molecule has 0 saturated carbocycles. The Morgan fingerprint density at radius 2 is 1.81 bits per heavy atom. The van der Waals surface area contributed by atoms with Gasteiger partial charge in [0.05, 0.1) is 4.58 Å². The summed E-state index contributed by atoms with van der Waals surface area (Å²) < 4.78 is 0.465. The van der Waals surface area contributed by atoms with Crippen molar-refractivity contribution in [2.45, 2.75) is 23.8 Å². The summed E-state index contributed by atoms with van der Waals surface area (Å²) in [4.78, 5) is 23.2. The summed E-state index contributed by atoms with van der Waals surface area (Å²) >= 11 is 3.92. The number of carboxylic acid groups (broad SMARTS) is 1. The number of thioether (sulfide) groups is 2. The highest BCUT2D eigenvalue weighted by Crippen LogP contribution is 2.43. The van der Waals surface area contributed by atoms with Gasteiger partial charge >= 0.3 is 5.97 Å². The van der Waals surface area contributed by atoms with Crippen LogP contribution in [-0.4, -0.2) is 28.5 Å². The summed E-state index contributed by atoms with van der Waals surface area (Å²) in [5.74, 6) is 1.40. The molecule has 1 fully saturated rings. The van der Waals surface area contributed by atoms with E-state index in [1.54, 1.807) is 0 Å². The van der Waals surface area contributed by atoms with Gasteiger partial charge in [-0.05, 0) is 59.7 Å². The van der Waals surface area contributed by atoms with Crippen LogP contribution in [0.15, 0.2) is 48.5 Å². The lowest BCUT2D eigenvalue weighted by atomic mass is 10.1. The number of hydrogen-bond acceptors (Lipinski definition) is 4. The first-order chi connectivity index (χ1) is 12.6. The molecule has 0 aromatic heterocycles. The van der Waals surface area contributed by atoms with Gasteiger partial charge in [-0.3, -0.25) is 9.59 Å². The van der Waals surface area contributed by atoms with Crippen LogP contribution in [0.1, 0.15) is 38.9 Å². The minimum Gasteiger partial charge on any atom is -0.481 e. The van der Waals surface area contributed by atoms with Crippen molar-refractivity contribution in [3.05, 3.63) is 65.2 Å². The van der Waals surface area contributed by atoms with Crippen LogP contribution in [0.25, 0.3) is 0 Å². The molecule has 0 bridgehead atoms. The lowest BCUT2D eigenvalue weighted by Gasteiger charge is -2.21. The van der Waals surface area contributed by atoms with E-state index in [0.717, 1.165) is 5.56 Å². The molecule has 2 N–H and O–H groups in total.